The Morgan fingerprint density at radius 2 is 1.38 bits per heavy atom. The standard InChI is InChI=1S/C21H34O3/c1-19(2,3)15-12-16(20(4,5)6)14-17(13-15)24-11-9-10-21(7,8)18(22)23/h12-14H,9-11H2,1-8H3,(H,22,23). The molecular formula is C21H34O3. The summed E-state index contributed by atoms with van der Waals surface area (Å²) in [6, 6.07) is 6.48. The molecule has 0 amide bonds. The van der Waals surface area contributed by atoms with Gasteiger partial charge in [-0.2, -0.15) is 0 Å². The Morgan fingerprint density at radius 1 is 0.917 bits per heavy atom. The molecule has 0 unspecified atom stereocenters. The molecule has 0 aliphatic heterocycles. The van der Waals surface area contributed by atoms with Crippen LogP contribution >= 0.6 is 0 Å². The summed E-state index contributed by atoms with van der Waals surface area (Å²) >= 11 is 0. The van der Waals surface area contributed by atoms with E-state index in [0.29, 0.717) is 13.0 Å². The zero-order valence-corrected chi connectivity index (χ0v) is 16.6. The van der Waals surface area contributed by atoms with Gasteiger partial charge in [0, 0.05) is 0 Å². The van der Waals surface area contributed by atoms with E-state index < -0.39 is 11.4 Å². The lowest BCUT2D eigenvalue weighted by Crippen LogP contribution is -2.24. The zero-order valence-electron chi connectivity index (χ0n) is 16.6. The predicted molar refractivity (Wildman–Crippen MR) is 100.0 cm³/mol. The average Bonchev–Trinajstić information content (AvgIpc) is 2.41. The van der Waals surface area contributed by atoms with Gasteiger partial charge in [0.25, 0.3) is 0 Å². The van der Waals surface area contributed by atoms with Crippen LogP contribution in [0.15, 0.2) is 18.2 Å². The number of carboxylic acids is 1. The van der Waals surface area contributed by atoms with Crippen molar-refractivity contribution in [3.05, 3.63) is 29.3 Å². The Balaban J connectivity index is 2.86. The van der Waals surface area contributed by atoms with Crippen molar-refractivity contribution in [1.82, 2.24) is 0 Å². The molecule has 3 heteroatoms. The summed E-state index contributed by atoms with van der Waals surface area (Å²) in [6.45, 7) is 17.3. The van der Waals surface area contributed by atoms with Gasteiger partial charge in [0.2, 0.25) is 0 Å². The van der Waals surface area contributed by atoms with Crippen molar-refractivity contribution in [3.63, 3.8) is 0 Å². The lowest BCUT2D eigenvalue weighted by Gasteiger charge is -2.26. The molecule has 0 saturated carbocycles. The molecule has 1 aromatic carbocycles. The third kappa shape index (κ3) is 5.85. The molecule has 0 radical (unpaired) electrons. The minimum atomic E-state index is -0.757. The molecule has 0 aliphatic rings. The van der Waals surface area contributed by atoms with Gasteiger partial charge in [-0.25, -0.2) is 0 Å². The number of hydrogen-bond donors (Lipinski definition) is 1. The number of hydrogen-bond acceptors (Lipinski definition) is 2. The molecule has 3 nitrogen and oxygen atoms in total. The number of aliphatic carboxylic acids is 1. The molecule has 0 fully saturated rings. The fraction of sp³-hybridized carbons (Fsp3) is 0.667. The Labute approximate surface area is 147 Å². The highest BCUT2D eigenvalue weighted by molar-refractivity contribution is 5.73. The molecule has 0 saturated heterocycles. The summed E-state index contributed by atoms with van der Waals surface area (Å²) in [5, 5.41) is 9.17. The largest absolute Gasteiger partial charge is 0.494 e. The highest BCUT2D eigenvalue weighted by atomic mass is 16.5. The van der Waals surface area contributed by atoms with E-state index in [2.05, 4.69) is 59.7 Å². The second kappa shape index (κ2) is 7.16. The third-order valence-corrected chi connectivity index (χ3v) is 4.43. The highest BCUT2D eigenvalue weighted by Gasteiger charge is 2.26. The molecule has 0 aliphatic carbocycles. The Hall–Kier alpha value is -1.51. The van der Waals surface area contributed by atoms with Crippen LogP contribution in [-0.4, -0.2) is 17.7 Å². The molecule has 1 aromatic rings. The van der Waals surface area contributed by atoms with Crippen molar-refractivity contribution in [2.24, 2.45) is 5.41 Å². The van der Waals surface area contributed by atoms with Crippen molar-refractivity contribution in [1.29, 1.82) is 0 Å². The van der Waals surface area contributed by atoms with Crippen molar-refractivity contribution in [3.8, 4) is 5.75 Å². The highest BCUT2D eigenvalue weighted by Crippen LogP contribution is 2.33. The molecule has 1 rings (SSSR count). The van der Waals surface area contributed by atoms with Crippen LogP contribution in [0.25, 0.3) is 0 Å². The summed E-state index contributed by atoms with van der Waals surface area (Å²) in [6.07, 6.45) is 1.33. The number of carboxylic acid groups (broad SMARTS) is 1. The van der Waals surface area contributed by atoms with Crippen LogP contribution in [0, 0.1) is 5.41 Å². The second-order valence-corrected chi connectivity index (χ2v) is 9.39. The van der Waals surface area contributed by atoms with Gasteiger partial charge in [0.05, 0.1) is 12.0 Å². The third-order valence-electron chi connectivity index (χ3n) is 4.43. The SMILES string of the molecule is CC(C)(CCCOc1cc(C(C)(C)C)cc(C(C)(C)C)c1)C(=O)O. The monoisotopic (exact) mass is 334 g/mol. The van der Waals surface area contributed by atoms with E-state index in [9.17, 15) is 4.79 Å². The maximum atomic E-state index is 11.2. The van der Waals surface area contributed by atoms with E-state index in [1.54, 1.807) is 13.8 Å². The first kappa shape index (κ1) is 20.5. The fourth-order valence-corrected chi connectivity index (χ4v) is 2.36. The summed E-state index contributed by atoms with van der Waals surface area (Å²) in [4.78, 5) is 11.2. The Bertz CT molecular complexity index is 539. The smallest absolute Gasteiger partial charge is 0.309 e. The van der Waals surface area contributed by atoms with Crippen LogP contribution in [0.2, 0.25) is 0 Å². The van der Waals surface area contributed by atoms with E-state index in [-0.39, 0.29) is 10.8 Å². The van der Waals surface area contributed by atoms with E-state index in [1.807, 2.05) is 0 Å². The number of rotatable bonds is 6. The van der Waals surface area contributed by atoms with Gasteiger partial charge in [-0.1, -0.05) is 47.6 Å². The van der Waals surface area contributed by atoms with E-state index in [4.69, 9.17) is 9.84 Å². The van der Waals surface area contributed by atoms with Crippen molar-refractivity contribution in [2.75, 3.05) is 6.61 Å². The molecule has 136 valence electrons. The van der Waals surface area contributed by atoms with Gasteiger partial charge in [-0.05, 0) is 60.8 Å². The fourth-order valence-electron chi connectivity index (χ4n) is 2.36. The first-order valence-electron chi connectivity index (χ1n) is 8.76. The quantitative estimate of drug-likeness (QED) is 0.694. The minimum absolute atomic E-state index is 0.0602. The lowest BCUT2D eigenvalue weighted by molar-refractivity contribution is -0.147. The Kier molecular flexibility index (Phi) is 6.13. The van der Waals surface area contributed by atoms with Gasteiger partial charge in [-0.15, -0.1) is 0 Å². The van der Waals surface area contributed by atoms with Gasteiger partial charge < -0.3 is 9.84 Å². The van der Waals surface area contributed by atoms with E-state index >= 15 is 0 Å². The summed E-state index contributed by atoms with van der Waals surface area (Å²) in [5.41, 5.74) is 1.94. The van der Waals surface area contributed by atoms with Crippen molar-refractivity contribution >= 4 is 5.97 Å². The molecular weight excluding hydrogens is 300 g/mol. The summed E-state index contributed by atoms with van der Waals surface area (Å²) in [7, 11) is 0. The number of ether oxygens (including phenoxy) is 1. The van der Waals surface area contributed by atoms with E-state index in [0.717, 1.165) is 12.2 Å². The maximum Gasteiger partial charge on any atom is 0.309 e. The van der Waals surface area contributed by atoms with Crippen LogP contribution in [0.5, 0.6) is 5.75 Å². The lowest BCUT2D eigenvalue weighted by atomic mass is 9.80. The first-order chi connectivity index (χ1) is 10.7. The summed E-state index contributed by atoms with van der Waals surface area (Å²) < 4.78 is 5.96. The second-order valence-electron chi connectivity index (χ2n) is 9.39. The number of carbonyl (C=O) groups is 1. The molecule has 0 spiro atoms. The zero-order chi connectivity index (χ0) is 18.8. The molecule has 0 bridgehead atoms. The molecule has 0 heterocycles. The van der Waals surface area contributed by atoms with Crippen LogP contribution in [-0.2, 0) is 15.6 Å². The van der Waals surface area contributed by atoms with Gasteiger partial charge in [0.1, 0.15) is 5.75 Å². The van der Waals surface area contributed by atoms with Crippen LogP contribution in [0.3, 0.4) is 0 Å². The summed E-state index contributed by atoms with van der Waals surface area (Å²) in [5.74, 6) is 0.118. The topological polar surface area (TPSA) is 46.5 Å². The maximum absolute atomic E-state index is 11.2. The Morgan fingerprint density at radius 3 is 1.75 bits per heavy atom. The first-order valence-corrected chi connectivity index (χ1v) is 8.76. The predicted octanol–water partition coefficient (Wildman–Crippen LogP) is 5.55. The molecule has 0 atom stereocenters. The van der Waals surface area contributed by atoms with Crippen LogP contribution in [0.4, 0.5) is 0 Å². The van der Waals surface area contributed by atoms with Crippen LogP contribution < -0.4 is 4.74 Å². The number of benzene rings is 1. The minimum Gasteiger partial charge on any atom is -0.494 e. The van der Waals surface area contributed by atoms with Gasteiger partial charge in [0.15, 0.2) is 0 Å². The molecule has 24 heavy (non-hydrogen) atoms. The van der Waals surface area contributed by atoms with Gasteiger partial charge in [-0.3, -0.25) is 4.79 Å². The normalized spacial score (nSPS) is 13.0. The van der Waals surface area contributed by atoms with Crippen molar-refractivity contribution < 1.29 is 14.6 Å². The van der Waals surface area contributed by atoms with Crippen LogP contribution in [0.1, 0.15) is 79.4 Å². The van der Waals surface area contributed by atoms with Gasteiger partial charge >= 0.3 is 5.97 Å². The molecule has 0 aromatic heterocycles. The van der Waals surface area contributed by atoms with E-state index in [1.165, 1.54) is 11.1 Å². The molecule has 1 N–H and O–H groups in total. The average molecular weight is 335 g/mol. The van der Waals surface area contributed by atoms with Crippen molar-refractivity contribution in [2.45, 2.75) is 79.1 Å².